The van der Waals surface area contributed by atoms with Crippen molar-refractivity contribution in [3.05, 3.63) is 70.5 Å². The van der Waals surface area contributed by atoms with Gasteiger partial charge in [-0.2, -0.15) is 5.10 Å². The molecule has 4 aromatic rings. The van der Waals surface area contributed by atoms with E-state index in [-0.39, 0.29) is 5.91 Å². The van der Waals surface area contributed by atoms with E-state index in [1.165, 1.54) is 0 Å². The number of carbonyl (C=O) groups excluding carboxylic acids is 1. The molecule has 0 bridgehead atoms. The number of hydrogen-bond acceptors (Lipinski definition) is 4. The number of nitrogens with one attached hydrogen (secondary N) is 1. The van der Waals surface area contributed by atoms with Crippen LogP contribution >= 0.6 is 11.3 Å². The van der Waals surface area contributed by atoms with Gasteiger partial charge in [-0.3, -0.25) is 4.79 Å². The van der Waals surface area contributed by atoms with Crippen LogP contribution in [-0.2, 0) is 0 Å². The molecule has 0 saturated carbocycles. The van der Waals surface area contributed by atoms with Gasteiger partial charge in [-0.05, 0) is 56.7 Å². The molecule has 130 valence electrons. The second-order valence-corrected chi connectivity index (χ2v) is 7.50. The van der Waals surface area contributed by atoms with Gasteiger partial charge < -0.3 is 5.32 Å². The Morgan fingerprint density at radius 3 is 2.77 bits per heavy atom. The number of carbonyl (C=O) groups is 1. The number of aryl methyl sites for hydroxylation is 2. The van der Waals surface area contributed by atoms with Crippen LogP contribution in [0.15, 0.2) is 48.7 Å². The second kappa shape index (κ2) is 6.38. The van der Waals surface area contributed by atoms with Crippen molar-refractivity contribution in [1.82, 2.24) is 14.8 Å². The maximum absolute atomic E-state index is 12.7. The number of thiazole rings is 1. The summed E-state index contributed by atoms with van der Waals surface area (Å²) in [7, 11) is 0. The highest BCUT2D eigenvalue weighted by Gasteiger charge is 2.16. The number of nitrogens with zero attached hydrogens (tertiary/aromatic N) is 3. The van der Waals surface area contributed by atoms with Gasteiger partial charge in [0.05, 0.1) is 38.4 Å². The molecular weight excluding hydrogens is 344 g/mol. The number of hydrogen-bond donors (Lipinski definition) is 1. The average molecular weight is 362 g/mol. The Morgan fingerprint density at radius 1 is 1.12 bits per heavy atom. The highest BCUT2D eigenvalue weighted by atomic mass is 32.1. The molecule has 0 atom stereocenters. The SMILES string of the molecule is Cc1cccc(-n2ncc(C(=O)Nc3ccc4nc(C)sc4c3)c2C)c1. The summed E-state index contributed by atoms with van der Waals surface area (Å²) >= 11 is 1.62. The van der Waals surface area contributed by atoms with Crippen LogP contribution in [0.3, 0.4) is 0 Å². The number of aromatic nitrogens is 3. The minimum atomic E-state index is -0.165. The van der Waals surface area contributed by atoms with Crippen LogP contribution in [0.2, 0.25) is 0 Å². The van der Waals surface area contributed by atoms with Gasteiger partial charge in [-0.1, -0.05) is 12.1 Å². The largest absolute Gasteiger partial charge is 0.322 e. The molecule has 0 unspecified atom stereocenters. The van der Waals surface area contributed by atoms with Gasteiger partial charge in [0.1, 0.15) is 0 Å². The number of fused-ring (bicyclic) bond motifs is 1. The zero-order chi connectivity index (χ0) is 18.3. The Morgan fingerprint density at radius 2 is 1.96 bits per heavy atom. The predicted molar refractivity (Wildman–Crippen MR) is 105 cm³/mol. The summed E-state index contributed by atoms with van der Waals surface area (Å²) in [6.07, 6.45) is 1.61. The zero-order valence-electron chi connectivity index (χ0n) is 14.8. The summed E-state index contributed by atoms with van der Waals surface area (Å²) in [4.78, 5) is 17.2. The molecule has 2 aromatic carbocycles. The summed E-state index contributed by atoms with van der Waals surface area (Å²) in [6, 6.07) is 13.8. The Labute approximate surface area is 155 Å². The van der Waals surface area contributed by atoms with Gasteiger partial charge >= 0.3 is 0 Å². The quantitative estimate of drug-likeness (QED) is 0.577. The Hall–Kier alpha value is -2.99. The Bertz CT molecular complexity index is 1130. The maximum Gasteiger partial charge on any atom is 0.259 e. The van der Waals surface area contributed by atoms with Crippen LogP contribution in [-0.4, -0.2) is 20.7 Å². The van der Waals surface area contributed by atoms with E-state index in [2.05, 4.69) is 15.4 Å². The standard InChI is InChI=1S/C20H18N4OS/c1-12-5-4-6-16(9-12)24-13(2)17(11-21-24)20(25)23-15-7-8-18-19(10-15)26-14(3)22-18/h4-11H,1-3H3,(H,23,25). The van der Waals surface area contributed by atoms with Gasteiger partial charge in [0.25, 0.3) is 5.91 Å². The van der Waals surface area contributed by atoms with E-state index in [1.807, 2.05) is 63.2 Å². The zero-order valence-corrected chi connectivity index (χ0v) is 15.6. The fourth-order valence-corrected chi connectivity index (χ4v) is 3.83. The molecule has 0 fully saturated rings. The molecule has 0 spiro atoms. The molecule has 26 heavy (non-hydrogen) atoms. The van der Waals surface area contributed by atoms with Crippen molar-refractivity contribution in [1.29, 1.82) is 0 Å². The fourth-order valence-electron chi connectivity index (χ4n) is 2.97. The van der Waals surface area contributed by atoms with Crippen molar-refractivity contribution < 1.29 is 4.79 Å². The first-order valence-electron chi connectivity index (χ1n) is 8.31. The summed E-state index contributed by atoms with van der Waals surface area (Å²) in [5, 5.41) is 8.37. The minimum absolute atomic E-state index is 0.165. The summed E-state index contributed by atoms with van der Waals surface area (Å²) in [6.45, 7) is 5.92. The van der Waals surface area contributed by atoms with Crippen LogP contribution in [0.25, 0.3) is 15.9 Å². The molecule has 0 saturated heterocycles. The molecule has 1 amide bonds. The van der Waals surface area contributed by atoms with Crippen LogP contribution in [0.4, 0.5) is 5.69 Å². The topological polar surface area (TPSA) is 59.8 Å². The lowest BCUT2D eigenvalue weighted by Gasteiger charge is -2.07. The Kier molecular flexibility index (Phi) is 4.05. The molecule has 4 rings (SSSR count). The maximum atomic E-state index is 12.7. The van der Waals surface area contributed by atoms with Gasteiger partial charge in [0.15, 0.2) is 0 Å². The average Bonchev–Trinajstić information content (AvgIpc) is 3.16. The smallest absolute Gasteiger partial charge is 0.259 e. The molecule has 0 aliphatic rings. The van der Waals surface area contributed by atoms with E-state index in [1.54, 1.807) is 22.2 Å². The van der Waals surface area contributed by atoms with Crippen molar-refractivity contribution >= 4 is 33.1 Å². The lowest BCUT2D eigenvalue weighted by Crippen LogP contribution is -2.13. The molecule has 0 aliphatic carbocycles. The molecule has 2 heterocycles. The van der Waals surface area contributed by atoms with E-state index in [4.69, 9.17) is 0 Å². The fraction of sp³-hybridized carbons (Fsp3) is 0.150. The third-order valence-electron chi connectivity index (χ3n) is 4.25. The van der Waals surface area contributed by atoms with Crippen LogP contribution in [0, 0.1) is 20.8 Å². The van der Waals surface area contributed by atoms with Gasteiger partial charge in [-0.15, -0.1) is 11.3 Å². The van der Waals surface area contributed by atoms with Gasteiger partial charge in [0, 0.05) is 5.69 Å². The first-order chi connectivity index (χ1) is 12.5. The van der Waals surface area contributed by atoms with Gasteiger partial charge in [-0.25, -0.2) is 9.67 Å². The molecule has 0 aliphatic heterocycles. The number of anilines is 1. The summed E-state index contributed by atoms with van der Waals surface area (Å²) in [5.74, 6) is -0.165. The van der Waals surface area contributed by atoms with Crippen LogP contribution in [0.1, 0.15) is 26.6 Å². The first kappa shape index (κ1) is 16.5. The van der Waals surface area contributed by atoms with Crippen LogP contribution < -0.4 is 5.32 Å². The highest BCUT2D eigenvalue weighted by Crippen LogP contribution is 2.25. The van der Waals surface area contributed by atoms with Crippen molar-refractivity contribution in [3.8, 4) is 5.69 Å². The summed E-state index contributed by atoms with van der Waals surface area (Å²) in [5.41, 5.74) is 5.18. The molecular formula is C20H18N4OS. The number of rotatable bonds is 3. The molecule has 5 nitrogen and oxygen atoms in total. The predicted octanol–water partition coefficient (Wildman–Crippen LogP) is 4.66. The third-order valence-corrected chi connectivity index (χ3v) is 5.19. The van der Waals surface area contributed by atoms with E-state index in [0.717, 1.165) is 37.9 Å². The van der Waals surface area contributed by atoms with E-state index < -0.39 is 0 Å². The van der Waals surface area contributed by atoms with E-state index >= 15 is 0 Å². The van der Waals surface area contributed by atoms with E-state index in [0.29, 0.717) is 5.56 Å². The normalized spacial score (nSPS) is 11.0. The highest BCUT2D eigenvalue weighted by molar-refractivity contribution is 7.18. The number of amides is 1. The first-order valence-corrected chi connectivity index (χ1v) is 9.13. The molecule has 0 radical (unpaired) electrons. The van der Waals surface area contributed by atoms with E-state index in [9.17, 15) is 4.79 Å². The molecule has 2 aromatic heterocycles. The monoisotopic (exact) mass is 362 g/mol. The Balaban J connectivity index is 1.61. The molecule has 1 N–H and O–H groups in total. The summed E-state index contributed by atoms with van der Waals surface area (Å²) < 4.78 is 2.85. The minimum Gasteiger partial charge on any atom is -0.322 e. The van der Waals surface area contributed by atoms with Crippen molar-refractivity contribution in [3.63, 3.8) is 0 Å². The van der Waals surface area contributed by atoms with Crippen LogP contribution in [0.5, 0.6) is 0 Å². The lowest BCUT2D eigenvalue weighted by atomic mass is 10.2. The van der Waals surface area contributed by atoms with Crippen molar-refractivity contribution in [2.24, 2.45) is 0 Å². The third kappa shape index (κ3) is 2.99. The van der Waals surface area contributed by atoms with Crippen molar-refractivity contribution in [2.75, 3.05) is 5.32 Å². The van der Waals surface area contributed by atoms with Gasteiger partial charge in [0.2, 0.25) is 0 Å². The number of benzene rings is 2. The van der Waals surface area contributed by atoms with Crippen molar-refractivity contribution in [2.45, 2.75) is 20.8 Å². The lowest BCUT2D eigenvalue weighted by molar-refractivity contribution is 0.102. The second-order valence-electron chi connectivity index (χ2n) is 6.26. The molecule has 6 heteroatoms.